The highest BCUT2D eigenvalue weighted by molar-refractivity contribution is 5.85. The number of hydrogen-bond acceptors (Lipinski definition) is 2. The summed E-state index contributed by atoms with van der Waals surface area (Å²) in [6, 6.07) is 9.58. The summed E-state index contributed by atoms with van der Waals surface area (Å²) in [5, 5.41) is 0. The Hall–Kier alpha value is -0.730. The molecule has 1 aromatic carbocycles. The van der Waals surface area contributed by atoms with E-state index in [4.69, 9.17) is 4.74 Å². The van der Waals surface area contributed by atoms with Crippen molar-refractivity contribution in [3.8, 4) is 0 Å². The highest BCUT2D eigenvalue weighted by Gasteiger charge is 2.01. The molecule has 0 spiro atoms. The van der Waals surface area contributed by atoms with Gasteiger partial charge in [-0.1, -0.05) is 30.3 Å². The lowest BCUT2D eigenvalue weighted by Gasteiger charge is -2.00. The lowest BCUT2D eigenvalue weighted by Crippen LogP contribution is -2.06. The van der Waals surface area contributed by atoms with E-state index < -0.39 is 0 Å². The van der Waals surface area contributed by atoms with E-state index in [1.807, 2.05) is 37.3 Å². The highest BCUT2D eigenvalue weighted by atomic mass is 35.5. The molecule has 0 aliphatic rings. The molecule has 0 unspecified atom stereocenters. The van der Waals surface area contributed by atoms with Gasteiger partial charge in [-0.3, -0.25) is 4.79 Å². The smallest absolute Gasteiger partial charge is 0.310 e. The second-order valence-corrected chi connectivity index (χ2v) is 2.47. The van der Waals surface area contributed by atoms with Crippen LogP contribution in [0.1, 0.15) is 12.5 Å². The van der Waals surface area contributed by atoms with Crippen molar-refractivity contribution >= 4 is 30.8 Å². The highest BCUT2D eigenvalue weighted by Crippen LogP contribution is 2.00. The molecule has 0 N–H and O–H groups in total. The first-order valence-corrected chi connectivity index (χ1v) is 4.02. The van der Waals surface area contributed by atoms with Gasteiger partial charge >= 0.3 is 5.97 Å². The molecular formula is C10H14Cl2O2. The van der Waals surface area contributed by atoms with Crippen molar-refractivity contribution in [1.82, 2.24) is 0 Å². The second-order valence-electron chi connectivity index (χ2n) is 2.47. The molecule has 0 saturated carbocycles. The van der Waals surface area contributed by atoms with E-state index in [9.17, 15) is 4.79 Å². The summed E-state index contributed by atoms with van der Waals surface area (Å²) < 4.78 is 4.81. The molecule has 80 valence electrons. The van der Waals surface area contributed by atoms with Gasteiger partial charge in [-0.2, -0.15) is 0 Å². The number of halogens is 2. The minimum absolute atomic E-state index is 0. The van der Waals surface area contributed by atoms with Crippen LogP contribution in [0.4, 0.5) is 0 Å². The molecule has 14 heavy (non-hydrogen) atoms. The molecule has 4 heteroatoms. The third kappa shape index (κ3) is 5.84. The molecule has 0 heterocycles. The Bertz CT molecular complexity index is 250. The zero-order chi connectivity index (χ0) is 8.81. The summed E-state index contributed by atoms with van der Waals surface area (Å²) in [7, 11) is 0. The van der Waals surface area contributed by atoms with Gasteiger partial charge in [-0.25, -0.2) is 0 Å². The van der Waals surface area contributed by atoms with E-state index in [1.165, 1.54) is 0 Å². The van der Waals surface area contributed by atoms with Crippen LogP contribution >= 0.6 is 24.8 Å². The third-order valence-electron chi connectivity index (χ3n) is 1.50. The number of rotatable bonds is 3. The van der Waals surface area contributed by atoms with Gasteiger partial charge in [0.05, 0.1) is 13.0 Å². The number of carbonyl (C=O) groups is 1. The molecule has 0 atom stereocenters. The van der Waals surface area contributed by atoms with Crippen molar-refractivity contribution in [3.05, 3.63) is 35.9 Å². The fourth-order valence-corrected chi connectivity index (χ4v) is 0.975. The van der Waals surface area contributed by atoms with E-state index in [0.717, 1.165) is 5.56 Å². The van der Waals surface area contributed by atoms with Crippen LogP contribution in [0, 0.1) is 0 Å². The van der Waals surface area contributed by atoms with Crippen LogP contribution < -0.4 is 0 Å². The van der Waals surface area contributed by atoms with E-state index in [-0.39, 0.29) is 30.8 Å². The monoisotopic (exact) mass is 236 g/mol. The minimum atomic E-state index is -0.163. The van der Waals surface area contributed by atoms with Gasteiger partial charge in [0, 0.05) is 0 Å². The molecule has 0 aliphatic carbocycles. The fraction of sp³-hybridized carbons (Fsp3) is 0.300. The molecule has 0 radical (unpaired) electrons. The van der Waals surface area contributed by atoms with Gasteiger partial charge in [0.1, 0.15) is 0 Å². The van der Waals surface area contributed by atoms with Gasteiger partial charge < -0.3 is 4.74 Å². The summed E-state index contributed by atoms with van der Waals surface area (Å²) in [6.45, 7) is 2.26. The summed E-state index contributed by atoms with van der Waals surface area (Å²) in [4.78, 5) is 11.0. The first-order valence-electron chi connectivity index (χ1n) is 4.02. The Morgan fingerprint density at radius 1 is 1.21 bits per heavy atom. The largest absolute Gasteiger partial charge is 0.466 e. The third-order valence-corrected chi connectivity index (χ3v) is 1.50. The molecule has 0 aliphatic heterocycles. The Labute approximate surface area is 96.5 Å². The lowest BCUT2D eigenvalue weighted by molar-refractivity contribution is -0.142. The fourth-order valence-electron chi connectivity index (χ4n) is 0.975. The van der Waals surface area contributed by atoms with Crippen LogP contribution in [0.2, 0.25) is 0 Å². The van der Waals surface area contributed by atoms with E-state index in [1.54, 1.807) is 0 Å². The summed E-state index contributed by atoms with van der Waals surface area (Å²) in [5.41, 5.74) is 0.996. The second kappa shape index (κ2) is 8.85. The SMILES string of the molecule is CCOC(=O)Cc1ccccc1.Cl.Cl. The van der Waals surface area contributed by atoms with E-state index in [2.05, 4.69) is 0 Å². The Kier molecular flexibility index (Phi) is 9.94. The maximum absolute atomic E-state index is 11.0. The Morgan fingerprint density at radius 3 is 2.29 bits per heavy atom. The topological polar surface area (TPSA) is 26.3 Å². The number of esters is 1. The number of hydrogen-bond donors (Lipinski definition) is 0. The number of ether oxygens (including phenoxy) is 1. The molecule has 0 amide bonds. The molecule has 0 aromatic heterocycles. The van der Waals surface area contributed by atoms with Crippen LogP contribution in [0.15, 0.2) is 30.3 Å². The van der Waals surface area contributed by atoms with Crippen molar-refractivity contribution in [3.63, 3.8) is 0 Å². The van der Waals surface area contributed by atoms with Crippen LogP contribution in [-0.2, 0) is 16.0 Å². The van der Waals surface area contributed by atoms with Crippen LogP contribution in [0.3, 0.4) is 0 Å². The molecule has 0 fully saturated rings. The first kappa shape index (κ1) is 15.7. The molecular weight excluding hydrogens is 223 g/mol. The molecule has 0 bridgehead atoms. The zero-order valence-corrected chi connectivity index (χ0v) is 9.57. The van der Waals surface area contributed by atoms with Crippen molar-refractivity contribution < 1.29 is 9.53 Å². The average Bonchev–Trinajstić information content (AvgIpc) is 2.06. The summed E-state index contributed by atoms with van der Waals surface area (Å²) >= 11 is 0. The quantitative estimate of drug-likeness (QED) is 0.755. The first-order chi connectivity index (χ1) is 5.83. The van der Waals surface area contributed by atoms with Crippen molar-refractivity contribution in [2.24, 2.45) is 0 Å². The predicted octanol–water partition coefficient (Wildman–Crippen LogP) is 2.64. The summed E-state index contributed by atoms with van der Waals surface area (Å²) in [6.07, 6.45) is 0.370. The van der Waals surface area contributed by atoms with E-state index >= 15 is 0 Å². The number of benzene rings is 1. The van der Waals surface area contributed by atoms with Crippen LogP contribution in [0.5, 0.6) is 0 Å². The number of carbonyl (C=O) groups excluding carboxylic acids is 1. The molecule has 1 rings (SSSR count). The van der Waals surface area contributed by atoms with Crippen molar-refractivity contribution in [1.29, 1.82) is 0 Å². The predicted molar refractivity (Wildman–Crippen MR) is 61.3 cm³/mol. The van der Waals surface area contributed by atoms with Gasteiger partial charge in [0.2, 0.25) is 0 Å². The van der Waals surface area contributed by atoms with Crippen molar-refractivity contribution in [2.45, 2.75) is 13.3 Å². The minimum Gasteiger partial charge on any atom is -0.466 e. The molecule has 2 nitrogen and oxygen atoms in total. The van der Waals surface area contributed by atoms with Crippen LogP contribution in [-0.4, -0.2) is 12.6 Å². The van der Waals surface area contributed by atoms with Gasteiger partial charge in [0.15, 0.2) is 0 Å². The standard InChI is InChI=1S/C10H12O2.2ClH/c1-2-12-10(11)8-9-6-4-3-5-7-9;;/h3-7H,2,8H2,1H3;2*1H. The lowest BCUT2D eigenvalue weighted by atomic mass is 10.2. The molecule has 0 saturated heterocycles. The average molecular weight is 237 g/mol. The van der Waals surface area contributed by atoms with Gasteiger partial charge in [-0.15, -0.1) is 24.8 Å². The Balaban J connectivity index is 0. The molecule has 1 aromatic rings. The van der Waals surface area contributed by atoms with Crippen molar-refractivity contribution in [2.75, 3.05) is 6.61 Å². The zero-order valence-electron chi connectivity index (χ0n) is 7.93. The maximum atomic E-state index is 11.0. The Morgan fingerprint density at radius 2 is 1.79 bits per heavy atom. The summed E-state index contributed by atoms with van der Waals surface area (Å²) in [5.74, 6) is -0.163. The maximum Gasteiger partial charge on any atom is 0.310 e. The van der Waals surface area contributed by atoms with Gasteiger partial charge in [0.25, 0.3) is 0 Å². The van der Waals surface area contributed by atoms with Crippen LogP contribution in [0.25, 0.3) is 0 Å². The normalized spacial score (nSPS) is 8.07. The van der Waals surface area contributed by atoms with E-state index in [0.29, 0.717) is 13.0 Å². The van der Waals surface area contributed by atoms with Gasteiger partial charge in [-0.05, 0) is 12.5 Å².